The number of halogens is 1. The standard InChI is InChI=1S/C14H15FN2O/c1-10(2)13-7-16-14(9-18)17(13)8-11-3-5-12(15)6-4-11/h3-7,9-10H,8H2,1-2H3. The summed E-state index contributed by atoms with van der Waals surface area (Å²) in [4.78, 5) is 15.1. The highest BCUT2D eigenvalue weighted by Gasteiger charge is 2.12. The Bertz CT molecular complexity index is 543. The predicted octanol–water partition coefficient (Wildman–Crippen LogP) is 3.01. The first-order valence-corrected chi connectivity index (χ1v) is 5.87. The van der Waals surface area contributed by atoms with Gasteiger partial charge >= 0.3 is 0 Å². The van der Waals surface area contributed by atoms with Crippen molar-refractivity contribution in [2.24, 2.45) is 0 Å². The van der Waals surface area contributed by atoms with Gasteiger partial charge in [0, 0.05) is 18.4 Å². The fourth-order valence-electron chi connectivity index (χ4n) is 1.90. The van der Waals surface area contributed by atoms with E-state index in [4.69, 9.17) is 0 Å². The smallest absolute Gasteiger partial charge is 0.185 e. The Hall–Kier alpha value is -1.97. The van der Waals surface area contributed by atoms with Crippen molar-refractivity contribution in [3.05, 3.63) is 53.4 Å². The number of rotatable bonds is 4. The van der Waals surface area contributed by atoms with Crippen molar-refractivity contribution in [1.29, 1.82) is 0 Å². The average molecular weight is 246 g/mol. The summed E-state index contributed by atoms with van der Waals surface area (Å²) in [6, 6.07) is 6.27. The maximum Gasteiger partial charge on any atom is 0.185 e. The molecule has 0 aliphatic rings. The van der Waals surface area contributed by atoms with Gasteiger partial charge in [-0.1, -0.05) is 26.0 Å². The molecule has 94 valence electrons. The molecule has 0 saturated carbocycles. The third-order valence-electron chi connectivity index (χ3n) is 2.87. The first kappa shape index (κ1) is 12.5. The van der Waals surface area contributed by atoms with Gasteiger partial charge in [-0.05, 0) is 23.6 Å². The zero-order chi connectivity index (χ0) is 13.1. The molecule has 0 fully saturated rings. The summed E-state index contributed by atoms with van der Waals surface area (Å²) in [7, 11) is 0. The number of benzene rings is 1. The van der Waals surface area contributed by atoms with E-state index in [1.54, 1.807) is 18.3 Å². The Morgan fingerprint density at radius 3 is 2.56 bits per heavy atom. The van der Waals surface area contributed by atoms with Gasteiger partial charge in [0.1, 0.15) is 5.82 Å². The summed E-state index contributed by atoms with van der Waals surface area (Å²) in [6.45, 7) is 4.63. The van der Waals surface area contributed by atoms with E-state index in [2.05, 4.69) is 4.98 Å². The van der Waals surface area contributed by atoms with E-state index in [1.165, 1.54) is 12.1 Å². The van der Waals surface area contributed by atoms with Crippen molar-refractivity contribution in [2.45, 2.75) is 26.3 Å². The highest BCUT2D eigenvalue weighted by Crippen LogP contribution is 2.17. The van der Waals surface area contributed by atoms with Crippen LogP contribution in [0.4, 0.5) is 4.39 Å². The maximum absolute atomic E-state index is 12.8. The molecule has 18 heavy (non-hydrogen) atoms. The SMILES string of the molecule is CC(C)c1cnc(C=O)n1Cc1ccc(F)cc1. The number of carbonyl (C=O) groups is 1. The zero-order valence-corrected chi connectivity index (χ0v) is 10.4. The molecule has 0 unspecified atom stereocenters. The van der Waals surface area contributed by atoms with Crippen LogP contribution in [0, 0.1) is 5.82 Å². The predicted molar refractivity (Wildman–Crippen MR) is 67.2 cm³/mol. The minimum absolute atomic E-state index is 0.260. The van der Waals surface area contributed by atoms with Gasteiger partial charge in [-0.15, -0.1) is 0 Å². The van der Waals surface area contributed by atoms with Gasteiger partial charge in [0.05, 0.1) is 0 Å². The quantitative estimate of drug-likeness (QED) is 0.777. The van der Waals surface area contributed by atoms with Crippen LogP contribution in [0.25, 0.3) is 0 Å². The second-order valence-electron chi connectivity index (χ2n) is 4.53. The maximum atomic E-state index is 12.8. The van der Waals surface area contributed by atoms with Crippen LogP contribution in [0.3, 0.4) is 0 Å². The summed E-state index contributed by atoms with van der Waals surface area (Å²) in [5.41, 5.74) is 1.95. The molecule has 0 aliphatic heterocycles. The van der Waals surface area contributed by atoms with Crippen molar-refractivity contribution in [3.8, 4) is 0 Å². The number of hydrogen-bond acceptors (Lipinski definition) is 2. The minimum atomic E-state index is -0.260. The molecule has 3 nitrogen and oxygen atoms in total. The lowest BCUT2D eigenvalue weighted by atomic mass is 10.1. The summed E-state index contributed by atoms with van der Waals surface area (Å²) in [5, 5.41) is 0. The van der Waals surface area contributed by atoms with Crippen LogP contribution in [-0.4, -0.2) is 15.8 Å². The Balaban J connectivity index is 2.35. The summed E-state index contributed by atoms with van der Waals surface area (Å²) >= 11 is 0. The molecule has 2 rings (SSSR count). The van der Waals surface area contributed by atoms with E-state index >= 15 is 0 Å². The lowest BCUT2D eigenvalue weighted by Gasteiger charge is -2.12. The van der Waals surface area contributed by atoms with Crippen LogP contribution in [0.5, 0.6) is 0 Å². The third-order valence-corrected chi connectivity index (χ3v) is 2.87. The molecule has 0 bridgehead atoms. The molecule has 0 saturated heterocycles. The highest BCUT2D eigenvalue weighted by molar-refractivity contribution is 5.69. The Morgan fingerprint density at radius 2 is 2.00 bits per heavy atom. The molecule has 0 aliphatic carbocycles. The van der Waals surface area contributed by atoms with Crippen molar-refractivity contribution in [1.82, 2.24) is 9.55 Å². The van der Waals surface area contributed by atoms with Crippen LogP contribution in [-0.2, 0) is 6.54 Å². The number of aromatic nitrogens is 2. The molecular weight excluding hydrogens is 231 g/mol. The fourth-order valence-corrected chi connectivity index (χ4v) is 1.90. The van der Waals surface area contributed by atoms with Crippen molar-refractivity contribution < 1.29 is 9.18 Å². The Labute approximate surface area is 105 Å². The van der Waals surface area contributed by atoms with Gasteiger partial charge in [0.2, 0.25) is 0 Å². The van der Waals surface area contributed by atoms with E-state index in [9.17, 15) is 9.18 Å². The van der Waals surface area contributed by atoms with Gasteiger partial charge < -0.3 is 4.57 Å². The molecule has 0 spiro atoms. The molecule has 1 heterocycles. The Morgan fingerprint density at radius 1 is 1.33 bits per heavy atom. The number of aldehydes is 1. The van der Waals surface area contributed by atoms with Crippen LogP contribution in [0.1, 0.15) is 41.6 Å². The van der Waals surface area contributed by atoms with Crippen LogP contribution >= 0.6 is 0 Å². The monoisotopic (exact) mass is 246 g/mol. The summed E-state index contributed by atoms with van der Waals surface area (Å²) in [5.74, 6) is 0.429. The van der Waals surface area contributed by atoms with Crippen LogP contribution in [0.15, 0.2) is 30.5 Å². The number of carbonyl (C=O) groups excluding carboxylic acids is 1. The van der Waals surface area contributed by atoms with Gasteiger partial charge in [-0.2, -0.15) is 0 Å². The largest absolute Gasteiger partial charge is 0.321 e. The summed E-state index contributed by atoms with van der Waals surface area (Å²) in [6.07, 6.45) is 2.47. The lowest BCUT2D eigenvalue weighted by Crippen LogP contribution is -2.09. The molecule has 0 radical (unpaired) electrons. The topological polar surface area (TPSA) is 34.9 Å². The number of nitrogens with zero attached hydrogens (tertiary/aromatic N) is 2. The number of imidazole rings is 1. The zero-order valence-electron chi connectivity index (χ0n) is 10.4. The molecule has 0 atom stereocenters. The van der Waals surface area contributed by atoms with E-state index in [0.29, 0.717) is 12.4 Å². The molecule has 0 N–H and O–H groups in total. The van der Waals surface area contributed by atoms with Crippen molar-refractivity contribution in [2.75, 3.05) is 0 Å². The average Bonchev–Trinajstić information content (AvgIpc) is 2.75. The van der Waals surface area contributed by atoms with E-state index < -0.39 is 0 Å². The van der Waals surface area contributed by atoms with E-state index in [-0.39, 0.29) is 11.7 Å². The molecule has 4 heteroatoms. The lowest BCUT2D eigenvalue weighted by molar-refractivity contribution is 0.111. The van der Waals surface area contributed by atoms with Crippen LogP contribution in [0.2, 0.25) is 0 Å². The van der Waals surface area contributed by atoms with Crippen molar-refractivity contribution in [3.63, 3.8) is 0 Å². The normalized spacial score (nSPS) is 10.9. The van der Waals surface area contributed by atoms with Gasteiger partial charge in [0.15, 0.2) is 12.1 Å². The molecule has 1 aromatic carbocycles. The Kier molecular flexibility index (Phi) is 3.55. The second-order valence-corrected chi connectivity index (χ2v) is 4.53. The van der Waals surface area contributed by atoms with Gasteiger partial charge in [-0.25, -0.2) is 9.37 Å². The second kappa shape index (κ2) is 5.12. The van der Waals surface area contributed by atoms with Crippen LogP contribution < -0.4 is 0 Å². The van der Waals surface area contributed by atoms with Gasteiger partial charge in [0.25, 0.3) is 0 Å². The van der Waals surface area contributed by atoms with Crippen molar-refractivity contribution >= 4 is 6.29 Å². The molecule has 1 aromatic heterocycles. The highest BCUT2D eigenvalue weighted by atomic mass is 19.1. The molecule has 2 aromatic rings. The van der Waals surface area contributed by atoms with E-state index in [0.717, 1.165) is 17.5 Å². The third kappa shape index (κ3) is 2.47. The van der Waals surface area contributed by atoms with E-state index in [1.807, 2.05) is 18.4 Å². The molecule has 0 amide bonds. The first-order chi connectivity index (χ1) is 8.61. The van der Waals surface area contributed by atoms with Gasteiger partial charge in [-0.3, -0.25) is 4.79 Å². The number of hydrogen-bond donors (Lipinski definition) is 0. The fraction of sp³-hybridized carbons (Fsp3) is 0.286. The molecular formula is C14H15FN2O. The minimum Gasteiger partial charge on any atom is -0.321 e. The first-order valence-electron chi connectivity index (χ1n) is 5.87. The summed E-state index contributed by atoms with van der Waals surface area (Å²) < 4.78 is 14.7.